The quantitative estimate of drug-likeness (QED) is 0.353. The molecule has 0 atom stereocenters. The van der Waals surface area contributed by atoms with Crippen LogP contribution in [0.3, 0.4) is 0 Å². The molecule has 0 aromatic heterocycles. The van der Waals surface area contributed by atoms with E-state index in [1.807, 2.05) is 0 Å². The first-order chi connectivity index (χ1) is 5.74. The molecule has 1 aliphatic rings. The lowest BCUT2D eigenvalue weighted by Crippen LogP contribution is -2.31. The predicted molar refractivity (Wildman–Crippen MR) is 42.4 cm³/mol. The molecule has 0 amide bonds. The van der Waals surface area contributed by atoms with E-state index in [0.29, 0.717) is 13.2 Å². The van der Waals surface area contributed by atoms with Crippen molar-refractivity contribution in [1.82, 2.24) is 0 Å². The standard InChI is InChI=1S/C6H9N3O3/c7-1-6(9(10)11)2-8-5-3-12-4-5/h1-2,5H,3-4,7H2. The maximum absolute atomic E-state index is 10.2. The molecule has 1 aliphatic heterocycles. The molecule has 1 heterocycles. The van der Waals surface area contributed by atoms with Gasteiger partial charge in [0.05, 0.1) is 30.4 Å². The summed E-state index contributed by atoms with van der Waals surface area (Å²) in [6, 6.07) is 0.0555. The fourth-order valence-electron chi connectivity index (χ4n) is 0.642. The van der Waals surface area contributed by atoms with Crippen LogP contribution >= 0.6 is 0 Å². The van der Waals surface area contributed by atoms with Crippen molar-refractivity contribution in [2.45, 2.75) is 6.04 Å². The van der Waals surface area contributed by atoms with E-state index < -0.39 is 4.92 Å². The van der Waals surface area contributed by atoms with Gasteiger partial charge in [-0.3, -0.25) is 15.1 Å². The van der Waals surface area contributed by atoms with Gasteiger partial charge in [-0.1, -0.05) is 0 Å². The lowest BCUT2D eigenvalue weighted by molar-refractivity contribution is -0.414. The van der Waals surface area contributed by atoms with Crippen molar-refractivity contribution in [3.63, 3.8) is 0 Å². The molecular weight excluding hydrogens is 162 g/mol. The second kappa shape index (κ2) is 3.82. The zero-order valence-corrected chi connectivity index (χ0v) is 6.34. The highest BCUT2D eigenvalue weighted by Crippen LogP contribution is 2.04. The molecule has 0 unspecified atom stereocenters. The van der Waals surface area contributed by atoms with E-state index in [4.69, 9.17) is 10.5 Å². The minimum atomic E-state index is -0.580. The number of allylic oxidation sites excluding steroid dienone is 1. The third-order valence-corrected chi connectivity index (χ3v) is 1.42. The minimum absolute atomic E-state index is 0.0555. The summed E-state index contributed by atoms with van der Waals surface area (Å²) < 4.78 is 4.83. The predicted octanol–water partition coefficient (Wildman–Crippen LogP) is -0.467. The average Bonchev–Trinajstić information content (AvgIpc) is 1.93. The highest BCUT2D eigenvalue weighted by Gasteiger charge is 2.17. The first-order valence-corrected chi connectivity index (χ1v) is 3.41. The molecule has 0 spiro atoms. The van der Waals surface area contributed by atoms with Gasteiger partial charge < -0.3 is 10.5 Å². The van der Waals surface area contributed by atoms with E-state index in [2.05, 4.69) is 4.99 Å². The molecule has 0 aliphatic carbocycles. The molecule has 0 aromatic rings. The van der Waals surface area contributed by atoms with Crippen molar-refractivity contribution in [2.75, 3.05) is 13.2 Å². The van der Waals surface area contributed by atoms with Crippen LogP contribution in [0.4, 0.5) is 0 Å². The molecule has 0 saturated carbocycles. The Morgan fingerprint density at radius 3 is 2.75 bits per heavy atom. The van der Waals surface area contributed by atoms with Gasteiger partial charge in [-0.05, 0) is 0 Å². The van der Waals surface area contributed by atoms with E-state index in [1.54, 1.807) is 0 Å². The largest absolute Gasteiger partial charge is 0.399 e. The molecule has 2 N–H and O–H groups in total. The van der Waals surface area contributed by atoms with Crippen molar-refractivity contribution < 1.29 is 9.66 Å². The van der Waals surface area contributed by atoms with Crippen LogP contribution in [-0.2, 0) is 4.74 Å². The average molecular weight is 171 g/mol. The maximum Gasteiger partial charge on any atom is 0.302 e. The highest BCUT2D eigenvalue weighted by molar-refractivity contribution is 5.75. The first kappa shape index (κ1) is 8.66. The van der Waals surface area contributed by atoms with E-state index in [-0.39, 0.29) is 11.7 Å². The Balaban J connectivity index is 2.46. The topological polar surface area (TPSA) is 90.8 Å². The smallest absolute Gasteiger partial charge is 0.302 e. The fraction of sp³-hybridized carbons (Fsp3) is 0.500. The van der Waals surface area contributed by atoms with Gasteiger partial charge in [-0.25, -0.2) is 0 Å². The summed E-state index contributed by atoms with van der Waals surface area (Å²) in [7, 11) is 0. The van der Waals surface area contributed by atoms with E-state index >= 15 is 0 Å². The summed E-state index contributed by atoms with van der Waals surface area (Å²) in [6.45, 7) is 1.07. The van der Waals surface area contributed by atoms with Crippen molar-refractivity contribution in [2.24, 2.45) is 10.7 Å². The number of nitrogens with zero attached hydrogens (tertiary/aromatic N) is 2. The van der Waals surface area contributed by atoms with Gasteiger partial charge in [0.15, 0.2) is 0 Å². The zero-order valence-electron chi connectivity index (χ0n) is 6.34. The molecule has 1 rings (SSSR count). The highest BCUT2D eigenvalue weighted by atomic mass is 16.6. The maximum atomic E-state index is 10.2. The summed E-state index contributed by atoms with van der Waals surface area (Å²) >= 11 is 0. The van der Waals surface area contributed by atoms with Crippen LogP contribution in [0.15, 0.2) is 16.9 Å². The number of nitro groups is 1. The summed E-state index contributed by atoms with van der Waals surface area (Å²) in [5, 5.41) is 10.2. The second-order valence-corrected chi connectivity index (χ2v) is 2.32. The normalized spacial score (nSPS) is 19.5. The van der Waals surface area contributed by atoms with Gasteiger partial charge in [0, 0.05) is 0 Å². The molecule has 6 heteroatoms. The summed E-state index contributed by atoms with van der Waals surface area (Å²) in [5.41, 5.74) is 4.80. The van der Waals surface area contributed by atoms with Gasteiger partial charge in [0.2, 0.25) is 0 Å². The summed E-state index contributed by atoms with van der Waals surface area (Å²) in [4.78, 5) is 13.5. The fourth-order valence-corrected chi connectivity index (χ4v) is 0.642. The van der Waals surface area contributed by atoms with Crippen LogP contribution in [0.25, 0.3) is 0 Å². The number of aliphatic imine (C=N–C) groups is 1. The van der Waals surface area contributed by atoms with Gasteiger partial charge in [-0.2, -0.15) is 0 Å². The number of nitrogens with two attached hydrogens (primary N) is 1. The second-order valence-electron chi connectivity index (χ2n) is 2.32. The first-order valence-electron chi connectivity index (χ1n) is 3.41. The van der Waals surface area contributed by atoms with E-state index in [0.717, 1.165) is 12.4 Å². The molecule has 1 fully saturated rings. The Bertz CT molecular complexity index is 232. The van der Waals surface area contributed by atoms with Crippen molar-refractivity contribution in [3.8, 4) is 0 Å². The van der Waals surface area contributed by atoms with Crippen LogP contribution in [0.2, 0.25) is 0 Å². The Hall–Kier alpha value is -1.43. The Labute approximate surface area is 68.9 Å². The summed E-state index contributed by atoms with van der Waals surface area (Å²) in [5.74, 6) is 0. The van der Waals surface area contributed by atoms with Crippen LogP contribution in [0, 0.1) is 10.1 Å². The molecule has 0 bridgehead atoms. The van der Waals surface area contributed by atoms with Gasteiger partial charge in [0.1, 0.15) is 6.21 Å². The summed E-state index contributed by atoms with van der Waals surface area (Å²) in [6.07, 6.45) is 2.08. The Morgan fingerprint density at radius 2 is 2.42 bits per heavy atom. The van der Waals surface area contributed by atoms with Crippen LogP contribution in [0.5, 0.6) is 0 Å². The molecule has 0 radical (unpaired) electrons. The Kier molecular flexibility index (Phi) is 2.76. The minimum Gasteiger partial charge on any atom is -0.399 e. The number of hydrogen-bond donors (Lipinski definition) is 1. The van der Waals surface area contributed by atoms with Gasteiger partial charge in [-0.15, -0.1) is 0 Å². The van der Waals surface area contributed by atoms with Gasteiger partial charge >= 0.3 is 5.70 Å². The number of ether oxygens (including phenoxy) is 1. The SMILES string of the molecule is NC=C(C=NC1COC1)[N+](=O)[O-]. The van der Waals surface area contributed by atoms with Crippen LogP contribution in [0.1, 0.15) is 0 Å². The van der Waals surface area contributed by atoms with Crippen molar-refractivity contribution in [1.29, 1.82) is 0 Å². The van der Waals surface area contributed by atoms with E-state index in [1.165, 1.54) is 0 Å². The van der Waals surface area contributed by atoms with Gasteiger partial charge in [0.25, 0.3) is 0 Å². The monoisotopic (exact) mass is 171 g/mol. The number of hydrogen-bond acceptors (Lipinski definition) is 5. The Morgan fingerprint density at radius 1 is 1.75 bits per heavy atom. The van der Waals surface area contributed by atoms with Crippen LogP contribution in [-0.4, -0.2) is 30.4 Å². The number of rotatable bonds is 3. The lowest BCUT2D eigenvalue weighted by atomic mass is 10.3. The van der Waals surface area contributed by atoms with Crippen LogP contribution < -0.4 is 5.73 Å². The molecular formula is C6H9N3O3. The molecule has 12 heavy (non-hydrogen) atoms. The van der Waals surface area contributed by atoms with E-state index in [9.17, 15) is 10.1 Å². The zero-order chi connectivity index (χ0) is 8.97. The molecule has 1 saturated heterocycles. The molecule has 6 nitrogen and oxygen atoms in total. The molecule has 66 valence electrons. The van der Waals surface area contributed by atoms with Crippen molar-refractivity contribution in [3.05, 3.63) is 22.0 Å². The third-order valence-electron chi connectivity index (χ3n) is 1.42. The lowest BCUT2D eigenvalue weighted by Gasteiger charge is -2.21. The molecule has 0 aromatic carbocycles. The van der Waals surface area contributed by atoms with Crippen molar-refractivity contribution >= 4 is 6.21 Å². The third kappa shape index (κ3) is 2.03.